The smallest absolute Gasteiger partial charge is 0.303 e. The van der Waals surface area contributed by atoms with E-state index < -0.39 is 5.97 Å². The normalized spacial score (nSPS) is 14.9. The number of rotatable bonds is 8. The van der Waals surface area contributed by atoms with Gasteiger partial charge in [0.05, 0.1) is 11.1 Å². The van der Waals surface area contributed by atoms with E-state index in [2.05, 4.69) is 26.1 Å². The number of carbonyl (C=O) groups is 2. The van der Waals surface area contributed by atoms with E-state index in [-0.39, 0.29) is 24.8 Å². The molecule has 1 amide bonds. The van der Waals surface area contributed by atoms with Crippen LogP contribution in [0, 0.1) is 6.92 Å². The molecule has 1 saturated heterocycles. The van der Waals surface area contributed by atoms with E-state index in [4.69, 9.17) is 16.6 Å². The summed E-state index contributed by atoms with van der Waals surface area (Å²) in [7, 11) is 0. The number of carbonyl (C=O) groups excluding carboxylic acids is 1. The van der Waals surface area contributed by atoms with Crippen LogP contribution in [-0.2, 0) is 4.79 Å². The fourth-order valence-corrected chi connectivity index (χ4v) is 5.63. The molecule has 1 aromatic heterocycles. The van der Waals surface area contributed by atoms with Gasteiger partial charge in [0.2, 0.25) is 0 Å². The van der Waals surface area contributed by atoms with Gasteiger partial charge in [-0.3, -0.25) is 9.59 Å². The van der Waals surface area contributed by atoms with Crippen LogP contribution in [0.15, 0.2) is 46.9 Å². The molecule has 1 aliphatic rings. The summed E-state index contributed by atoms with van der Waals surface area (Å²) in [5, 5.41) is 13.7. The first kappa shape index (κ1) is 26.4. The Hall–Kier alpha value is -2.64. The molecule has 2 heterocycles. The molecule has 0 saturated carbocycles. The second kappa shape index (κ2) is 12.1. The predicted octanol–water partition coefficient (Wildman–Crippen LogP) is 6.72. The van der Waals surface area contributed by atoms with Crippen molar-refractivity contribution in [1.29, 1.82) is 0 Å². The highest BCUT2D eigenvalue weighted by molar-refractivity contribution is 9.10. The highest BCUT2D eigenvalue weighted by Crippen LogP contribution is 2.32. The first-order chi connectivity index (χ1) is 17.3. The fraction of sp³-hybridized carbons (Fsp3) is 0.393. The van der Waals surface area contributed by atoms with E-state index in [0.29, 0.717) is 17.0 Å². The number of fused-ring (bicyclic) bond motifs is 1. The van der Waals surface area contributed by atoms with Crippen LogP contribution in [0.3, 0.4) is 0 Å². The Morgan fingerprint density at radius 1 is 1.14 bits per heavy atom. The van der Waals surface area contributed by atoms with E-state index >= 15 is 0 Å². The lowest BCUT2D eigenvalue weighted by molar-refractivity contribution is -0.137. The molecule has 36 heavy (non-hydrogen) atoms. The molecule has 2 aromatic carbocycles. The van der Waals surface area contributed by atoms with Gasteiger partial charge in [0, 0.05) is 52.4 Å². The Kier molecular flexibility index (Phi) is 8.86. The van der Waals surface area contributed by atoms with Crippen molar-refractivity contribution in [1.82, 2.24) is 10.3 Å². The lowest BCUT2D eigenvalue weighted by Crippen LogP contribution is -2.31. The molecule has 0 unspecified atom stereocenters. The number of benzene rings is 2. The largest absolute Gasteiger partial charge is 0.481 e. The van der Waals surface area contributed by atoms with Gasteiger partial charge < -0.3 is 15.3 Å². The number of halogens is 2. The zero-order valence-electron chi connectivity index (χ0n) is 20.4. The summed E-state index contributed by atoms with van der Waals surface area (Å²) in [6, 6.07) is 13.2. The van der Waals surface area contributed by atoms with E-state index in [1.165, 1.54) is 12.8 Å². The van der Waals surface area contributed by atoms with Crippen LogP contribution >= 0.6 is 27.5 Å². The number of carboxylic acid groups (broad SMARTS) is 1. The van der Waals surface area contributed by atoms with Gasteiger partial charge in [-0.25, -0.2) is 4.98 Å². The van der Waals surface area contributed by atoms with Gasteiger partial charge in [-0.2, -0.15) is 0 Å². The molecule has 0 aliphatic carbocycles. The Bertz CT molecular complexity index is 1260. The maximum Gasteiger partial charge on any atom is 0.303 e. The Morgan fingerprint density at radius 2 is 1.86 bits per heavy atom. The summed E-state index contributed by atoms with van der Waals surface area (Å²) in [6.45, 7) is 4.12. The molecule has 2 N–H and O–H groups in total. The van der Waals surface area contributed by atoms with E-state index in [1.54, 1.807) is 6.07 Å². The minimum absolute atomic E-state index is 0.00493. The summed E-state index contributed by atoms with van der Waals surface area (Å²) in [5.74, 6) is -0.419. The van der Waals surface area contributed by atoms with Gasteiger partial charge in [-0.1, -0.05) is 58.6 Å². The van der Waals surface area contributed by atoms with Crippen LogP contribution in [0.2, 0.25) is 5.02 Å². The van der Waals surface area contributed by atoms with Crippen LogP contribution in [-0.4, -0.2) is 41.6 Å². The average Bonchev–Trinajstić information content (AvgIpc) is 3.13. The number of amides is 1. The highest BCUT2D eigenvalue weighted by Gasteiger charge is 2.24. The molecule has 1 fully saturated rings. The van der Waals surface area contributed by atoms with Crippen LogP contribution in [0.1, 0.15) is 65.9 Å². The molecule has 0 radical (unpaired) electrons. The Balaban J connectivity index is 1.67. The lowest BCUT2D eigenvalue weighted by atomic mass is 9.93. The number of anilines is 1. The number of nitrogens with one attached hydrogen (secondary N) is 1. The monoisotopic (exact) mass is 571 g/mol. The van der Waals surface area contributed by atoms with Crippen molar-refractivity contribution in [2.45, 2.75) is 51.4 Å². The van der Waals surface area contributed by atoms with Gasteiger partial charge in [-0.15, -0.1) is 0 Å². The summed E-state index contributed by atoms with van der Waals surface area (Å²) in [6.07, 6.45) is 5.02. The second-order valence-corrected chi connectivity index (χ2v) is 10.7. The zero-order valence-corrected chi connectivity index (χ0v) is 22.7. The molecule has 4 rings (SSSR count). The quantitative estimate of drug-likeness (QED) is 0.313. The Morgan fingerprint density at radius 3 is 2.56 bits per heavy atom. The van der Waals surface area contributed by atoms with E-state index in [9.17, 15) is 14.7 Å². The first-order valence-corrected chi connectivity index (χ1v) is 13.6. The minimum atomic E-state index is -0.874. The first-order valence-electron chi connectivity index (χ1n) is 12.4. The van der Waals surface area contributed by atoms with Gasteiger partial charge in [0.25, 0.3) is 5.91 Å². The fourth-order valence-electron chi connectivity index (χ4n) is 4.98. The van der Waals surface area contributed by atoms with Crippen molar-refractivity contribution in [2.75, 3.05) is 24.5 Å². The van der Waals surface area contributed by atoms with Crippen molar-refractivity contribution >= 4 is 56.1 Å². The number of nitrogens with zero attached hydrogens (tertiary/aromatic N) is 2. The van der Waals surface area contributed by atoms with Gasteiger partial charge in [0.1, 0.15) is 5.82 Å². The molecule has 6 nitrogen and oxygen atoms in total. The number of hydrogen-bond donors (Lipinski definition) is 2. The number of pyridine rings is 1. The third-order valence-corrected chi connectivity index (χ3v) is 7.70. The molecule has 190 valence electrons. The SMILES string of the molecule is Cc1c(N2CCCCCC2)nc2ccc(Br)cc2c1C(=O)NC[C@H](CCC(=O)O)c1ccccc1Cl. The zero-order chi connectivity index (χ0) is 25.7. The van der Waals surface area contributed by atoms with Crippen LogP contribution in [0.25, 0.3) is 10.9 Å². The van der Waals surface area contributed by atoms with E-state index in [1.807, 2.05) is 43.3 Å². The predicted molar refractivity (Wildman–Crippen MR) is 148 cm³/mol. The van der Waals surface area contributed by atoms with Crippen molar-refractivity contribution < 1.29 is 14.7 Å². The van der Waals surface area contributed by atoms with Crippen LogP contribution in [0.5, 0.6) is 0 Å². The number of aliphatic carboxylic acids is 1. The number of aromatic nitrogens is 1. The highest BCUT2D eigenvalue weighted by atomic mass is 79.9. The van der Waals surface area contributed by atoms with Crippen LogP contribution in [0.4, 0.5) is 5.82 Å². The molecule has 1 atom stereocenters. The topological polar surface area (TPSA) is 82.5 Å². The molecule has 0 bridgehead atoms. The summed E-state index contributed by atoms with van der Waals surface area (Å²) < 4.78 is 0.878. The van der Waals surface area contributed by atoms with Crippen molar-refractivity contribution in [2.24, 2.45) is 0 Å². The standard InChI is InChI=1S/C28H31BrClN3O3/c1-18-26(28(36)31-17-19(10-13-25(34)35)21-8-4-5-9-23(21)30)22-16-20(29)11-12-24(22)32-27(18)33-14-6-2-3-7-15-33/h4-5,8-9,11-12,16,19H,2-3,6-7,10,13-15,17H2,1H3,(H,31,36)(H,34,35)/t19-/m0/s1. The molecule has 0 spiro atoms. The second-order valence-electron chi connectivity index (χ2n) is 9.36. The number of hydrogen-bond acceptors (Lipinski definition) is 4. The number of carboxylic acids is 1. The third-order valence-electron chi connectivity index (χ3n) is 6.86. The maximum absolute atomic E-state index is 13.7. The van der Waals surface area contributed by atoms with Crippen molar-refractivity contribution in [3.63, 3.8) is 0 Å². The Labute approximate surface area is 225 Å². The molecular formula is C28H31BrClN3O3. The summed E-state index contributed by atoms with van der Waals surface area (Å²) in [4.78, 5) is 32.3. The average molecular weight is 573 g/mol. The van der Waals surface area contributed by atoms with Gasteiger partial charge >= 0.3 is 5.97 Å². The molecule has 1 aliphatic heterocycles. The summed E-state index contributed by atoms with van der Waals surface area (Å²) >= 11 is 9.97. The van der Waals surface area contributed by atoms with Crippen molar-refractivity contribution in [3.8, 4) is 0 Å². The molecular weight excluding hydrogens is 542 g/mol. The van der Waals surface area contributed by atoms with Crippen LogP contribution < -0.4 is 10.2 Å². The minimum Gasteiger partial charge on any atom is -0.481 e. The van der Waals surface area contributed by atoms with E-state index in [0.717, 1.165) is 58.3 Å². The third kappa shape index (κ3) is 6.19. The van der Waals surface area contributed by atoms with Crippen molar-refractivity contribution in [3.05, 3.63) is 68.7 Å². The van der Waals surface area contributed by atoms with Gasteiger partial charge in [0.15, 0.2) is 0 Å². The lowest BCUT2D eigenvalue weighted by Gasteiger charge is -2.26. The summed E-state index contributed by atoms with van der Waals surface area (Å²) in [5.41, 5.74) is 3.09. The molecule has 8 heteroatoms. The van der Waals surface area contributed by atoms with Gasteiger partial charge in [-0.05, 0) is 56.0 Å². The maximum atomic E-state index is 13.7. The molecule has 3 aromatic rings.